The van der Waals surface area contributed by atoms with Crippen LogP contribution in [0.2, 0.25) is 0 Å². The molecule has 6 heteroatoms. The van der Waals surface area contributed by atoms with Gasteiger partial charge in [0.25, 0.3) is 0 Å². The third-order valence-corrected chi connectivity index (χ3v) is 4.97. The van der Waals surface area contributed by atoms with Crippen LogP contribution < -0.4 is 4.90 Å². The van der Waals surface area contributed by atoms with E-state index in [4.69, 9.17) is 5.10 Å². The molecule has 0 spiro atoms. The Labute approximate surface area is 157 Å². The van der Waals surface area contributed by atoms with Gasteiger partial charge in [-0.2, -0.15) is 10.2 Å². The van der Waals surface area contributed by atoms with Crippen molar-refractivity contribution in [3.8, 4) is 28.1 Å². The number of nitrogens with zero attached hydrogens (tertiary/aromatic N) is 6. The summed E-state index contributed by atoms with van der Waals surface area (Å²) in [4.78, 5) is 6.28. The van der Waals surface area contributed by atoms with Gasteiger partial charge in [-0.1, -0.05) is 18.7 Å². The van der Waals surface area contributed by atoms with Gasteiger partial charge >= 0.3 is 0 Å². The fourth-order valence-electron chi connectivity index (χ4n) is 3.46. The third kappa shape index (κ3) is 2.38. The molecule has 5 rings (SSSR count). The zero-order valence-electron chi connectivity index (χ0n) is 15.2. The van der Waals surface area contributed by atoms with Gasteiger partial charge in [0.05, 0.1) is 17.6 Å². The summed E-state index contributed by atoms with van der Waals surface area (Å²) in [7, 11) is 3.94. The lowest BCUT2D eigenvalue weighted by Gasteiger charge is -2.29. The Morgan fingerprint density at radius 2 is 1.85 bits per heavy atom. The average Bonchev–Trinajstić information content (AvgIpc) is 3.33. The molecule has 0 bridgehead atoms. The number of hydrogen-bond donors (Lipinski definition) is 0. The van der Waals surface area contributed by atoms with Crippen LogP contribution in [0.3, 0.4) is 0 Å². The van der Waals surface area contributed by atoms with Crippen molar-refractivity contribution in [2.75, 3.05) is 11.9 Å². The Balaban J connectivity index is 1.70. The molecule has 27 heavy (non-hydrogen) atoms. The number of anilines is 1. The highest BCUT2D eigenvalue weighted by atomic mass is 15.4. The van der Waals surface area contributed by atoms with Gasteiger partial charge in [0.2, 0.25) is 0 Å². The van der Waals surface area contributed by atoms with E-state index in [0.717, 1.165) is 45.2 Å². The maximum absolute atomic E-state index is 4.86. The van der Waals surface area contributed by atoms with Crippen LogP contribution in [0.15, 0.2) is 67.8 Å². The first-order valence-corrected chi connectivity index (χ1v) is 8.69. The van der Waals surface area contributed by atoms with Crippen molar-refractivity contribution in [1.82, 2.24) is 24.5 Å². The molecule has 3 aromatic heterocycles. The highest BCUT2D eigenvalue weighted by Gasteiger charge is 2.25. The van der Waals surface area contributed by atoms with Gasteiger partial charge in [-0.25, -0.2) is 4.68 Å². The van der Waals surface area contributed by atoms with E-state index in [2.05, 4.69) is 45.8 Å². The van der Waals surface area contributed by atoms with Crippen LogP contribution in [0.1, 0.15) is 5.56 Å². The number of pyridine rings is 1. The maximum Gasteiger partial charge on any atom is 0.137 e. The monoisotopic (exact) mass is 354 g/mol. The molecule has 1 aromatic carbocycles. The SMILES string of the molecule is C=C1c2ccc(-c3cnn(C)c3)cc2-n2nc(-c3cccnc3)cc2N1C. The Hall–Kier alpha value is -3.67. The van der Waals surface area contributed by atoms with Gasteiger partial charge < -0.3 is 4.90 Å². The van der Waals surface area contributed by atoms with Crippen LogP contribution in [0, 0.1) is 0 Å². The fraction of sp³-hybridized carbons (Fsp3) is 0.0952. The van der Waals surface area contributed by atoms with E-state index < -0.39 is 0 Å². The van der Waals surface area contributed by atoms with E-state index in [1.165, 1.54) is 0 Å². The highest BCUT2D eigenvalue weighted by molar-refractivity contribution is 5.87. The van der Waals surface area contributed by atoms with E-state index in [0.29, 0.717) is 0 Å². The summed E-state index contributed by atoms with van der Waals surface area (Å²) in [6, 6.07) is 12.4. The summed E-state index contributed by atoms with van der Waals surface area (Å²) in [6.45, 7) is 4.28. The number of fused-ring (bicyclic) bond motifs is 3. The van der Waals surface area contributed by atoms with Gasteiger partial charge in [0.1, 0.15) is 5.82 Å². The van der Waals surface area contributed by atoms with E-state index in [9.17, 15) is 0 Å². The lowest BCUT2D eigenvalue weighted by atomic mass is 10.0. The lowest BCUT2D eigenvalue weighted by molar-refractivity contribution is 0.768. The molecule has 0 fully saturated rings. The minimum Gasteiger partial charge on any atom is -0.329 e. The molecule has 0 saturated carbocycles. The van der Waals surface area contributed by atoms with Gasteiger partial charge in [-0.3, -0.25) is 9.67 Å². The molecule has 4 heterocycles. The largest absolute Gasteiger partial charge is 0.329 e. The summed E-state index contributed by atoms with van der Waals surface area (Å²) < 4.78 is 3.79. The summed E-state index contributed by atoms with van der Waals surface area (Å²) in [6.07, 6.45) is 7.48. The molecule has 0 unspecified atom stereocenters. The van der Waals surface area contributed by atoms with Gasteiger partial charge in [-0.15, -0.1) is 0 Å². The standard InChI is InChI=1S/C21H18N6/c1-14-18-7-6-15(17-12-23-25(2)13-17)9-20(18)27-21(26(14)3)10-19(24-27)16-5-4-8-22-11-16/h4-13H,1H2,2-3H3. The zero-order valence-corrected chi connectivity index (χ0v) is 15.2. The van der Waals surface area contributed by atoms with Crippen molar-refractivity contribution in [3.63, 3.8) is 0 Å². The van der Waals surface area contributed by atoms with Crippen LogP contribution >= 0.6 is 0 Å². The van der Waals surface area contributed by atoms with Crippen molar-refractivity contribution in [2.24, 2.45) is 7.05 Å². The molecule has 6 nitrogen and oxygen atoms in total. The first kappa shape index (κ1) is 15.6. The van der Waals surface area contributed by atoms with Crippen LogP contribution in [-0.2, 0) is 7.05 Å². The predicted octanol–water partition coefficient (Wildman–Crippen LogP) is 3.76. The van der Waals surface area contributed by atoms with Gasteiger partial charge in [-0.05, 0) is 23.8 Å². The number of benzene rings is 1. The smallest absolute Gasteiger partial charge is 0.137 e. The highest BCUT2D eigenvalue weighted by Crippen LogP contribution is 2.39. The number of aryl methyl sites for hydroxylation is 1. The van der Waals surface area contributed by atoms with E-state index in [-0.39, 0.29) is 0 Å². The Kier molecular flexibility index (Phi) is 3.27. The first-order chi connectivity index (χ1) is 13.1. The second-order valence-corrected chi connectivity index (χ2v) is 6.68. The molecule has 4 aromatic rings. The molecule has 0 atom stereocenters. The first-order valence-electron chi connectivity index (χ1n) is 8.69. The van der Waals surface area contributed by atoms with Crippen LogP contribution in [0.5, 0.6) is 0 Å². The fourth-order valence-corrected chi connectivity index (χ4v) is 3.46. The number of rotatable bonds is 2. The topological polar surface area (TPSA) is 51.8 Å². The number of aromatic nitrogens is 5. The Bertz CT molecular complexity index is 1170. The summed E-state index contributed by atoms with van der Waals surface area (Å²) >= 11 is 0. The Morgan fingerprint density at radius 1 is 0.963 bits per heavy atom. The third-order valence-electron chi connectivity index (χ3n) is 4.97. The van der Waals surface area contributed by atoms with Gasteiger partial charge in [0, 0.05) is 61.1 Å². The van der Waals surface area contributed by atoms with Gasteiger partial charge in [0.15, 0.2) is 0 Å². The van der Waals surface area contributed by atoms with Crippen molar-refractivity contribution in [3.05, 3.63) is 73.3 Å². The molecular formula is C21H18N6. The molecule has 132 valence electrons. The second kappa shape index (κ2) is 5.67. The van der Waals surface area contributed by atoms with Crippen LogP contribution in [0.4, 0.5) is 5.82 Å². The quantitative estimate of drug-likeness (QED) is 0.550. The number of hydrogen-bond acceptors (Lipinski definition) is 4. The van der Waals surface area contributed by atoms with Crippen LogP contribution in [-0.4, -0.2) is 31.6 Å². The molecule has 0 saturated heterocycles. The maximum atomic E-state index is 4.86. The molecule has 0 radical (unpaired) electrons. The van der Waals surface area contributed by atoms with E-state index >= 15 is 0 Å². The van der Waals surface area contributed by atoms with Crippen molar-refractivity contribution < 1.29 is 0 Å². The lowest BCUT2D eigenvalue weighted by Crippen LogP contribution is -2.24. The van der Waals surface area contributed by atoms with E-state index in [1.54, 1.807) is 10.9 Å². The minimum absolute atomic E-state index is 0.886. The van der Waals surface area contributed by atoms with Crippen molar-refractivity contribution in [1.29, 1.82) is 0 Å². The van der Waals surface area contributed by atoms with Crippen molar-refractivity contribution >= 4 is 11.5 Å². The Morgan fingerprint density at radius 3 is 2.59 bits per heavy atom. The summed E-state index contributed by atoms with van der Waals surface area (Å²) in [5.41, 5.74) is 7.09. The predicted molar refractivity (Wildman–Crippen MR) is 106 cm³/mol. The molecular weight excluding hydrogens is 336 g/mol. The molecule has 1 aliphatic rings. The van der Waals surface area contributed by atoms with E-state index in [1.807, 2.05) is 49.5 Å². The molecule has 0 amide bonds. The second-order valence-electron chi connectivity index (χ2n) is 6.68. The molecule has 0 aliphatic carbocycles. The minimum atomic E-state index is 0.886. The molecule has 1 aliphatic heterocycles. The summed E-state index contributed by atoms with van der Waals surface area (Å²) in [5.74, 6) is 0.981. The van der Waals surface area contributed by atoms with Crippen LogP contribution in [0.25, 0.3) is 33.8 Å². The zero-order chi connectivity index (χ0) is 18.5. The molecule has 0 N–H and O–H groups in total. The van der Waals surface area contributed by atoms with Crippen molar-refractivity contribution in [2.45, 2.75) is 0 Å². The normalized spacial score (nSPS) is 12.8. The summed E-state index contributed by atoms with van der Waals surface area (Å²) in [5, 5.41) is 9.14. The average molecular weight is 354 g/mol.